The maximum atomic E-state index is 11.1. The van der Waals surface area contributed by atoms with E-state index in [0.717, 1.165) is 30.8 Å². The number of nitrogens with two attached hydrogens (primary N) is 1. The summed E-state index contributed by atoms with van der Waals surface area (Å²) >= 11 is 0. The lowest BCUT2D eigenvalue weighted by Gasteiger charge is -2.16. The molecular formula is C13H18N2O2. The van der Waals surface area contributed by atoms with Gasteiger partial charge >= 0.3 is 0 Å². The second-order valence-electron chi connectivity index (χ2n) is 4.64. The fourth-order valence-corrected chi connectivity index (χ4v) is 2.05. The molecule has 92 valence electrons. The molecule has 0 saturated carbocycles. The number of primary amides is 1. The fourth-order valence-electron chi connectivity index (χ4n) is 2.05. The number of ether oxygens (including phenoxy) is 1. The van der Waals surface area contributed by atoms with Crippen LogP contribution in [0.5, 0.6) is 5.75 Å². The van der Waals surface area contributed by atoms with Crippen LogP contribution in [0.4, 0.5) is 0 Å². The summed E-state index contributed by atoms with van der Waals surface area (Å²) in [6.45, 7) is 3.96. The molecule has 0 spiro atoms. The van der Waals surface area contributed by atoms with Crippen molar-refractivity contribution in [3.63, 3.8) is 0 Å². The standard InChI is InChI=1S/C13H18N2O2/c1-9-3-4-10(13(14)16)7-12(9)17-11-5-6-15(2)8-11/h3-4,7,11H,5-6,8H2,1-2H3,(H2,14,16)/t11-/m1/s1. The van der Waals surface area contributed by atoms with Crippen molar-refractivity contribution in [3.8, 4) is 5.75 Å². The Bertz CT molecular complexity index is 431. The number of amides is 1. The minimum atomic E-state index is -0.418. The molecule has 1 aromatic rings. The van der Waals surface area contributed by atoms with Gasteiger partial charge in [-0.05, 0) is 38.1 Å². The van der Waals surface area contributed by atoms with Gasteiger partial charge in [-0.2, -0.15) is 0 Å². The molecule has 1 aliphatic heterocycles. The Morgan fingerprint density at radius 3 is 2.88 bits per heavy atom. The van der Waals surface area contributed by atoms with Crippen molar-refractivity contribution in [3.05, 3.63) is 29.3 Å². The van der Waals surface area contributed by atoms with Crippen LogP contribution in [-0.4, -0.2) is 37.0 Å². The number of likely N-dealkylation sites (tertiary alicyclic amines) is 1. The van der Waals surface area contributed by atoms with Gasteiger partial charge in [0.1, 0.15) is 11.9 Å². The number of hydrogen-bond donors (Lipinski definition) is 1. The van der Waals surface area contributed by atoms with E-state index in [1.807, 2.05) is 13.0 Å². The van der Waals surface area contributed by atoms with Gasteiger partial charge < -0.3 is 15.4 Å². The molecule has 2 rings (SSSR count). The van der Waals surface area contributed by atoms with Gasteiger partial charge in [-0.3, -0.25) is 4.79 Å². The number of likely N-dealkylation sites (N-methyl/N-ethyl adjacent to an activating group) is 1. The molecule has 1 amide bonds. The van der Waals surface area contributed by atoms with Crippen molar-refractivity contribution in [2.45, 2.75) is 19.4 Å². The molecule has 0 aromatic heterocycles. The minimum absolute atomic E-state index is 0.210. The molecule has 1 atom stereocenters. The molecule has 17 heavy (non-hydrogen) atoms. The zero-order valence-corrected chi connectivity index (χ0v) is 10.3. The number of hydrogen-bond acceptors (Lipinski definition) is 3. The van der Waals surface area contributed by atoms with E-state index in [1.165, 1.54) is 0 Å². The van der Waals surface area contributed by atoms with Crippen molar-refractivity contribution >= 4 is 5.91 Å². The molecule has 4 heteroatoms. The van der Waals surface area contributed by atoms with Gasteiger partial charge in [-0.15, -0.1) is 0 Å². The second kappa shape index (κ2) is 4.75. The SMILES string of the molecule is Cc1ccc(C(N)=O)cc1O[C@@H]1CCN(C)C1. The van der Waals surface area contributed by atoms with Gasteiger partial charge in [0, 0.05) is 18.7 Å². The summed E-state index contributed by atoms with van der Waals surface area (Å²) in [5, 5.41) is 0. The molecule has 1 aliphatic rings. The summed E-state index contributed by atoms with van der Waals surface area (Å²) in [4.78, 5) is 13.3. The highest BCUT2D eigenvalue weighted by Gasteiger charge is 2.21. The lowest BCUT2D eigenvalue weighted by Crippen LogP contribution is -2.22. The van der Waals surface area contributed by atoms with Crippen LogP contribution in [0.1, 0.15) is 22.3 Å². The quantitative estimate of drug-likeness (QED) is 0.854. The minimum Gasteiger partial charge on any atom is -0.489 e. The van der Waals surface area contributed by atoms with Gasteiger partial charge in [0.2, 0.25) is 5.91 Å². The van der Waals surface area contributed by atoms with E-state index in [9.17, 15) is 4.79 Å². The molecule has 4 nitrogen and oxygen atoms in total. The van der Waals surface area contributed by atoms with E-state index >= 15 is 0 Å². The lowest BCUT2D eigenvalue weighted by molar-refractivity contribution is 0.0999. The van der Waals surface area contributed by atoms with E-state index in [0.29, 0.717) is 5.56 Å². The maximum absolute atomic E-state index is 11.1. The molecule has 2 N–H and O–H groups in total. The Morgan fingerprint density at radius 1 is 1.53 bits per heavy atom. The van der Waals surface area contributed by atoms with Gasteiger partial charge in [-0.25, -0.2) is 0 Å². The molecular weight excluding hydrogens is 216 g/mol. The first-order chi connectivity index (χ1) is 8.06. The third-order valence-corrected chi connectivity index (χ3v) is 3.11. The fraction of sp³-hybridized carbons (Fsp3) is 0.462. The van der Waals surface area contributed by atoms with Crippen molar-refractivity contribution in [2.24, 2.45) is 5.73 Å². The molecule has 1 aromatic carbocycles. The smallest absolute Gasteiger partial charge is 0.248 e. The Balaban J connectivity index is 2.14. The van der Waals surface area contributed by atoms with Crippen molar-refractivity contribution in [1.82, 2.24) is 4.90 Å². The molecule has 0 bridgehead atoms. The van der Waals surface area contributed by atoms with Crippen LogP contribution in [0.3, 0.4) is 0 Å². The Labute approximate surface area is 101 Å². The van der Waals surface area contributed by atoms with Crippen molar-refractivity contribution in [2.75, 3.05) is 20.1 Å². The first-order valence-corrected chi connectivity index (χ1v) is 5.82. The number of benzene rings is 1. The summed E-state index contributed by atoms with van der Waals surface area (Å²) in [5.41, 5.74) is 6.79. The molecule has 1 saturated heterocycles. The highest BCUT2D eigenvalue weighted by Crippen LogP contribution is 2.23. The highest BCUT2D eigenvalue weighted by molar-refractivity contribution is 5.93. The van der Waals surface area contributed by atoms with Crippen molar-refractivity contribution < 1.29 is 9.53 Å². The van der Waals surface area contributed by atoms with E-state index in [4.69, 9.17) is 10.5 Å². The van der Waals surface area contributed by atoms with E-state index in [2.05, 4.69) is 11.9 Å². The first-order valence-electron chi connectivity index (χ1n) is 5.82. The number of carbonyl (C=O) groups is 1. The zero-order chi connectivity index (χ0) is 12.4. The van der Waals surface area contributed by atoms with Crippen LogP contribution < -0.4 is 10.5 Å². The summed E-state index contributed by atoms with van der Waals surface area (Å²) in [5.74, 6) is 0.347. The van der Waals surface area contributed by atoms with E-state index < -0.39 is 5.91 Å². The number of rotatable bonds is 3. The van der Waals surface area contributed by atoms with Crippen LogP contribution >= 0.6 is 0 Å². The average molecular weight is 234 g/mol. The topological polar surface area (TPSA) is 55.6 Å². The monoisotopic (exact) mass is 234 g/mol. The molecule has 0 aliphatic carbocycles. The number of nitrogens with zero attached hydrogens (tertiary/aromatic N) is 1. The van der Waals surface area contributed by atoms with Gasteiger partial charge in [0.15, 0.2) is 0 Å². The Kier molecular flexibility index (Phi) is 3.33. The highest BCUT2D eigenvalue weighted by atomic mass is 16.5. The first kappa shape index (κ1) is 11.9. The summed E-state index contributed by atoms with van der Waals surface area (Å²) in [6.07, 6.45) is 1.23. The van der Waals surface area contributed by atoms with E-state index in [1.54, 1.807) is 12.1 Å². The Morgan fingerprint density at radius 2 is 2.29 bits per heavy atom. The van der Waals surface area contributed by atoms with Crippen molar-refractivity contribution in [1.29, 1.82) is 0 Å². The summed E-state index contributed by atoms with van der Waals surface area (Å²) < 4.78 is 5.92. The van der Waals surface area contributed by atoms with E-state index in [-0.39, 0.29) is 6.10 Å². The molecule has 0 radical (unpaired) electrons. The predicted octanol–water partition coefficient (Wildman–Crippen LogP) is 1.18. The average Bonchev–Trinajstić information content (AvgIpc) is 2.67. The third kappa shape index (κ3) is 2.77. The third-order valence-electron chi connectivity index (χ3n) is 3.11. The zero-order valence-electron chi connectivity index (χ0n) is 10.3. The number of carbonyl (C=O) groups excluding carboxylic acids is 1. The van der Waals surface area contributed by atoms with Crippen LogP contribution in [0.15, 0.2) is 18.2 Å². The molecule has 1 fully saturated rings. The summed E-state index contributed by atoms with van der Waals surface area (Å²) in [7, 11) is 2.08. The number of aryl methyl sites for hydroxylation is 1. The summed E-state index contributed by atoms with van der Waals surface area (Å²) in [6, 6.07) is 5.33. The lowest BCUT2D eigenvalue weighted by atomic mass is 10.1. The molecule has 1 heterocycles. The maximum Gasteiger partial charge on any atom is 0.248 e. The van der Waals surface area contributed by atoms with Gasteiger partial charge in [0.05, 0.1) is 0 Å². The van der Waals surface area contributed by atoms with Crippen LogP contribution in [0.2, 0.25) is 0 Å². The van der Waals surface area contributed by atoms with Gasteiger partial charge in [0.25, 0.3) is 0 Å². The largest absolute Gasteiger partial charge is 0.489 e. The van der Waals surface area contributed by atoms with Crippen LogP contribution in [-0.2, 0) is 0 Å². The predicted molar refractivity (Wildman–Crippen MR) is 66.2 cm³/mol. The normalized spacial score (nSPS) is 20.5. The molecule has 0 unspecified atom stereocenters. The van der Waals surface area contributed by atoms with Crippen LogP contribution in [0.25, 0.3) is 0 Å². The van der Waals surface area contributed by atoms with Gasteiger partial charge in [-0.1, -0.05) is 6.07 Å². The second-order valence-corrected chi connectivity index (χ2v) is 4.64. The van der Waals surface area contributed by atoms with Crippen LogP contribution in [0, 0.1) is 6.92 Å². The Hall–Kier alpha value is -1.55.